The molecule has 3 rings (SSSR count). The summed E-state index contributed by atoms with van der Waals surface area (Å²) in [7, 11) is 0. The predicted molar refractivity (Wildman–Crippen MR) is 66.5 cm³/mol. The Morgan fingerprint density at radius 1 is 1.25 bits per heavy atom. The molecule has 16 heavy (non-hydrogen) atoms. The van der Waals surface area contributed by atoms with Crippen molar-refractivity contribution >= 4 is 11.6 Å². The van der Waals surface area contributed by atoms with Crippen LogP contribution in [0, 0.1) is 0 Å². The first kappa shape index (κ1) is 10.6. The average Bonchev–Trinajstić information content (AvgIpc) is 2.92. The van der Waals surface area contributed by atoms with Crippen molar-refractivity contribution in [2.24, 2.45) is 5.73 Å². The molecular weight excluding hydrogens is 220 g/mol. The molecule has 0 spiro atoms. The lowest BCUT2D eigenvalue weighted by atomic mass is 9.93. The van der Waals surface area contributed by atoms with Gasteiger partial charge >= 0.3 is 0 Å². The first-order chi connectivity index (χ1) is 7.71. The normalized spacial score (nSPS) is 24.9. The Morgan fingerprint density at radius 2 is 1.94 bits per heavy atom. The molecular formula is C13H17ClN2. The van der Waals surface area contributed by atoms with Crippen molar-refractivity contribution in [2.45, 2.75) is 30.8 Å². The first-order valence-corrected chi connectivity index (χ1v) is 6.36. The highest BCUT2D eigenvalue weighted by atomic mass is 35.5. The summed E-state index contributed by atoms with van der Waals surface area (Å²) < 4.78 is 0. The lowest BCUT2D eigenvalue weighted by molar-refractivity contribution is 0.0932. The fourth-order valence-corrected chi connectivity index (χ4v) is 2.82. The highest BCUT2D eigenvalue weighted by Crippen LogP contribution is 2.49. The second kappa shape index (κ2) is 3.73. The minimum Gasteiger partial charge on any atom is -0.323 e. The lowest BCUT2D eigenvalue weighted by Gasteiger charge is -2.42. The zero-order chi connectivity index (χ0) is 11.2. The molecule has 2 nitrogen and oxygen atoms in total. The van der Waals surface area contributed by atoms with Gasteiger partial charge in [-0.05, 0) is 30.9 Å². The monoisotopic (exact) mass is 236 g/mol. The minimum atomic E-state index is -0.0224. The van der Waals surface area contributed by atoms with Gasteiger partial charge in [-0.3, -0.25) is 4.90 Å². The number of hydrogen-bond donors (Lipinski definition) is 1. The maximum atomic E-state index is 6.40. The molecule has 2 aliphatic rings. The topological polar surface area (TPSA) is 29.3 Å². The molecule has 1 aliphatic heterocycles. The van der Waals surface area contributed by atoms with Crippen molar-refractivity contribution in [1.29, 1.82) is 0 Å². The highest BCUT2D eigenvalue weighted by molar-refractivity contribution is 6.31. The Labute approximate surface area is 101 Å². The Balaban J connectivity index is 1.96. The van der Waals surface area contributed by atoms with Gasteiger partial charge in [0.05, 0.1) is 6.04 Å². The molecule has 0 bridgehead atoms. The summed E-state index contributed by atoms with van der Waals surface area (Å²) in [5.41, 5.74) is 7.59. The fourth-order valence-electron chi connectivity index (χ4n) is 2.58. The molecule has 1 atom stereocenters. The molecule has 1 heterocycles. The third-order valence-electron chi connectivity index (χ3n) is 3.83. The van der Waals surface area contributed by atoms with E-state index in [1.807, 2.05) is 12.1 Å². The molecule has 0 aromatic heterocycles. The smallest absolute Gasteiger partial charge is 0.0542 e. The van der Waals surface area contributed by atoms with Crippen molar-refractivity contribution in [3.05, 3.63) is 34.9 Å². The summed E-state index contributed by atoms with van der Waals surface area (Å²) in [6, 6.07) is 8.46. The SMILES string of the molecule is NC1(C(c2ccccc2Cl)N2CCC2)CC1. The Kier molecular flexibility index (Phi) is 2.46. The van der Waals surface area contributed by atoms with Gasteiger partial charge in [0.15, 0.2) is 0 Å². The van der Waals surface area contributed by atoms with Gasteiger partial charge < -0.3 is 5.73 Å². The maximum Gasteiger partial charge on any atom is 0.0542 e. The standard InChI is InChI=1S/C13H17ClN2/c14-11-5-2-1-4-10(11)12(13(15)6-7-13)16-8-3-9-16/h1-2,4-5,12H,3,6-9,15H2. The zero-order valence-corrected chi connectivity index (χ0v) is 10.1. The number of nitrogens with two attached hydrogens (primary N) is 1. The van der Waals surface area contributed by atoms with Crippen LogP contribution in [0.15, 0.2) is 24.3 Å². The highest BCUT2D eigenvalue weighted by Gasteiger charge is 2.50. The number of hydrogen-bond acceptors (Lipinski definition) is 2. The Hall–Kier alpha value is -0.570. The third-order valence-corrected chi connectivity index (χ3v) is 4.17. The first-order valence-electron chi connectivity index (χ1n) is 5.98. The van der Waals surface area contributed by atoms with Crippen LogP contribution in [-0.4, -0.2) is 23.5 Å². The van der Waals surface area contributed by atoms with Crippen LogP contribution in [0.3, 0.4) is 0 Å². The average molecular weight is 237 g/mol. The van der Waals surface area contributed by atoms with Gasteiger partial charge in [0.2, 0.25) is 0 Å². The van der Waals surface area contributed by atoms with Crippen molar-refractivity contribution in [3.8, 4) is 0 Å². The molecule has 1 saturated heterocycles. The molecule has 3 heteroatoms. The van der Waals surface area contributed by atoms with Crippen LogP contribution in [0.25, 0.3) is 0 Å². The van der Waals surface area contributed by atoms with Crippen LogP contribution >= 0.6 is 11.6 Å². The van der Waals surface area contributed by atoms with Gasteiger partial charge in [0.25, 0.3) is 0 Å². The van der Waals surface area contributed by atoms with E-state index in [1.165, 1.54) is 12.0 Å². The predicted octanol–water partition coefficient (Wildman–Crippen LogP) is 2.58. The van der Waals surface area contributed by atoms with Gasteiger partial charge in [0, 0.05) is 23.7 Å². The minimum absolute atomic E-state index is 0.0224. The van der Waals surface area contributed by atoms with Gasteiger partial charge in [-0.15, -0.1) is 0 Å². The fraction of sp³-hybridized carbons (Fsp3) is 0.538. The van der Waals surface area contributed by atoms with Crippen LogP contribution in [0.2, 0.25) is 5.02 Å². The van der Waals surface area contributed by atoms with E-state index in [1.54, 1.807) is 0 Å². The number of benzene rings is 1. The molecule has 0 amide bonds. The van der Waals surface area contributed by atoms with Crippen molar-refractivity contribution in [2.75, 3.05) is 13.1 Å². The Bertz CT molecular complexity index is 397. The van der Waals surface area contributed by atoms with E-state index in [2.05, 4.69) is 17.0 Å². The van der Waals surface area contributed by atoms with Crippen LogP contribution in [0.4, 0.5) is 0 Å². The van der Waals surface area contributed by atoms with Gasteiger partial charge in [-0.1, -0.05) is 29.8 Å². The molecule has 1 aromatic rings. The van der Waals surface area contributed by atoms with Gasteiger partial charge in [-0.2, -0.15) is 0 Å². The van der Waals surface area contributed by atoms with Crippen molar-refractivity contribution in [3.63, 3.8) is 0 Å². The Morgan fingerprint density at radius 3 is 2.44 bits per heavy atom. The van der Waals surface area contributed by atoms with Crippen molar-refractivity contribution in [1.82, 2.24) is 4.90 Å². The van der Waals surface area contributed by atoms with Crippen LogP contribution in [-0.2, 0) is 0 Å². The molecule has 2 fully saturated rings. The van der Waals surface area contributed by atoms with E-state index in [0.717, 1.165) is 31.0 Å². The number of halogens is 1. The van der Waals surface area contributed by atoms with E-state index in [0.29, 0.717) is 6.04 Å². The summed E-state index contributed by atoms with van der Waals surface area (Å²) in [4.78, 5) is 2.47. The van der Waals surface area contributed by atoms with Gasteiger partial charge in [0.1, 0.15) is 0 Å². The number of rotatable bonds is 3. The van der Waals surface area contributed by atoms with Gasteiger partial charge in [-0.25, -0.2) is 0 Å². The number of likely N-dealkylation sites (tertiary alicyclic amines) is 1. The molecule has 1 aromatic carbocycles. The summed E-state index contributed by atoms with van der Waals surface area (Å²) in [5, 5.41) is 0.858. The van der Waals surface area contributed by atoms with E-state index >= 15 is 0 Å². The summed E-state index contributed by atoms with van der Waals surface area (Å²) in [6.45, 7) is 2.32. The molecule has 1 aliphatic carbocycles. The van der Waals surface area contributed by atoms with Crippen LogP contribution in [0.5, 0.6) is 0 Å². The van der Waals surface area contributed by atoms with Crippen molar-refractivity contribution < 1.29 is 0 Å². The second-order valence-corrected chi connectivity index (χ2v) is 5.45. The zero-order valence-electron chi connectivity index (χ0n) is 9.32. The summed E-state index contributed by atoms with van der Waals surface area (Å²) >= 11 is 6.30. The summed E-state index contributed by atoms with van der Waals surface area (Å²) in [6.07, 6.45) is 3.54. The summed E-state index contributed by atoms with van der Waals surface area (Å²) in [5.74, 6) is 0. The molecule has 86 valence electrons. The number of nitrogens with zero attached hydrogens (tertiary/aromatic N) is 1. The quantitative estimate of drug-likeness (QED) is 0.874. The maximum absolute atomic E-state index is 6.40. The molecule has 2 N–H and O–H groups in total. The van der Waals surface area contributed by atoms with Crippen LogP contribution < -0.4 is 5.73 Å². The van der Waals surface area contributed by atoms with E-state index in [-0.39, 0.29) is 5.54 Å². The lowest BCUT2D eigenvalue weighted by Crippen LogP contribution is -2.49. The van der Waals surface area contributed by atoms with E-state index in [9.17, 15) is 0 Å². The molecule has 0 radical (unpaired) electrons. The largest absolute Gasteiger partial charge is 0.323 e. The second-order valence-electron chi connectivity index (χ2n) is 5.05. The van der Waals surface area contributed by atoms with Crippen LogP contribution in [0.1, 0.15) is 30.9 Å². The third kappa shape index (κ3) is 1.65. The van der Waals surface area contributed by atoms with E-state index in [4.69, 9.17) is 17.3 Å². The van der Waals surface area contributed by atoms with E-state index < -0.39 is 0 Å². The molecule has 1 saturated carbocycles. The molecule has 1 unspecified atom stereocenters.